The zero-order valence-electron chi connectivity index (χ0n) is 19.5. The fourth-order valence-electron chi connectivity index (χ4n) is 4.90. The normalized spacial score (nSPS) is 19.4. The van der Waals surface area contributed by atoms with E-state index in [4.69, 9.17) is 4.74 Å². The Kier molecular flexibility index (Phi) is 5.74. The van der Waals surface area contributed by atoms with E-state index in [1.807, 2.05) is 55.6 Å². The molecule has 2 aliphatic rings. The van der Waals surface area contributed by atoms with E-state index in [9.17, 15) is 14.7 Å². The van der Waals surface area contributed by atoms with Crippen LogP contribution in [0.5, 0.6) is 5.75 Å². The first-order valence-electron chi connectivity index (χ1n) is 11.8. The molecule has 174 valence electrons. The van der Waals surface area contributed by atoms with Crippen molar-refractivity contribution in [3.05, 3.63) is 77.4 Å². The number of amides is 1. The van der Waals surface area contributed by atoms with Gasteiger partial charge in [-0.05, 0) is 41.0 Å². The van der Waals surface area contributed by atoms with E-state index < -0.39 is 17.7 Å². The highest BCUT2D eigenvalue weighted by Crippen LogP contribution is 2.43. The van der Waals surface area contributed by atoms with Gasteiger partial charge in [-0.25, -0.2) is 0 Å². The summed E-state index contributed by atoms with van der Waals surface area (Å²) >= 11 is 0. The molecular weight excluding hydrogens is 428 g/mol. The molecule has 0 radical (unpaired) electrons. The Labute approximate surface area is 199 Å². The summed E-state index contributed by atoms with van der Waals surface area (Å²) in [6.07, 6.45) is 1.66. The third-order valence-electron chi connectivity index (χ3n) is 6.74. The van der Waals surface area contributed by atoms with Crippen LogP contribution < -0.4 is 9.64 Å². The first kappa shape index (κ1) is 22.0. The molecule has 6 heteroatoms. The number of nitrogens with zero attached hydrogens (tertiary/aromatic N) is 2. The van der Waals surface area contributed by atoms with Gasteiger partial charge in [0.25, 0.3) is 11.7 Å². The van der Waals surface area contributed by atoms with Crippen LogP contribution in [-0.4, -0.2) is 48.4 Å². The number of hydrogen-bond donors (Lipinski definition) is 1. The number of aliphatic hydroxyl groups is 1. The van der Waals surface area contributed by atoms with Gasteiger partial charge in [-0.15, -0.1) is 0 Å². The third kappa shape index (κ3) is 3.59. The summed E-state index contributed by atoms with van der Waals surface area (Å²) in [4.78, 5) is 30.2. The van der Waals surface area contributed by atoms with Crippen LogP contribution in [0.15, 0.2) is 66.2 Å². The first-order chi connectivity index (χ1) is 16.5. The molecule has 6 nitrogen and oxygen atoms in total. The molecule has 1 unspecified atom stereocenters. The van der Waals surface area contributed by atoms with Crippen molar-refractivity contribution in [2.75, 3.05) is 31.6 Å². The van der Waals surface area contributed by atoms with E-state index in [2.05, 4.69) is 11.8 Å². The first-order valence-corrected chi connectivity index (χ1v) is 11.8. The summed E-state index contributed by atoms with van der Waals surface area (Å²) in [6.45, 7) is 3.83. The summed E-state index contributed by atoms with van der Waals surface area (Å²) in [5.74, 6) is -0.628. The molecule has 1 saturated heterocycles. The number of hydrogen-bond acceptors (Lipinski definition) is 5. The SMILES string of the molecule is CCCCN1C(=O)C(=O)/C(=C(/O)c2ccc3c(c2)N(C)CCO3)C1c1cccc2ccccc12. The fraction of sp³-hybridized carbons (Fsp3) is 0.286. The highest BCUT2D eigenvalue weighted by atomic mass is 16.5. The van der Waals surface area contributed by atoms with Gasteiger partial charge < -0.3 is 19.6 Å². The number of anilines is 1. The van der Waals surface area contributed by atoms with Crippen LogP contribution in [0.1, 0.15) is 36.9 Å². The quantitative estimate of drug-likeness (QED) is 0.336. The van der Waals surface area contributed by atoms with Gasteiger partial charge in [0, 0.05) is 19.2 Å². The van der Waals surface area contributed by atoms with Crippen LogP contribution in [-0.2, 0) is 9.59 Å². The fourth-order valence-corrected chi connectivity index (χ4v) is 4.90. The molecule has 1 atom stereocenters. The van der Waals surface area contributed by atoms with Crippen molar-refractivity contribution < 1.29 is 19.4 Å². The molecule has 0 saturated carbocycles. The summed E-state index contributed by atoms with van der Waals surface area (Å²) < 4.78 is 5.72. The maximum Gasteiger partial charge on any atom is 0.295 e. The molecule has 2 heterocycles. The highest BCUT2D eigenvalue weighted by molar-refractivity contribution is 6.46. The molecule has 3 aromatic rings. The van der Waals surface area contributed by atoms with Crippen LogP contribution >= 0.6 is 0 Å². The summed E-state index contributed by atoms with van der Waals surface area (Å²) in [5, 5.41) is 13.4. The molecule has 2 aliphatic heterocycles. The van der Waals surface area contributed by atoms with Crippen LogP contribution in [0.2, 0.25) is 0 Å². The smallest absolute Gasteiger partial charge is 0.295 e. The van der Waals surface area contributed by atoms with Crippen molar-refractivity contribution in [2.45, 2.75) is 25.8 Å². The van der Waals surface area contributed by atoms with E-state index in [0.29, 0.717) is 18.7 Å². The Bertz CT molecular complexity index is 1310. The number of likely N-dealkylation sites (N-methyl/N-ethyl adjacent to an activating group) is 1. The number of benzene rings is 3. The van der Waals surface area contributed by atoms with Gasteiger partial charge in [0.05, 0.1) is 23.8 Å². The standard InChI is InChI=1S/C28H28N2O4/c1-3-4-14-30-25(21-11-7-9-18-8-5-6-10-20(18)21)24(27(32)28(30)33)26(31)19-12-13-23-22(17-19)29(2)15-16-34-23/h5-13,17,25,31H,3-4,14-16H2,1-2H3/b26-24+. The molecular formula is C28H28N2O4. The summed E-state index contributed by atoms with van der Waals surface area (Å²) in [7, 11) is 1.96. The molecule has 5 rings (SSSR count). The molecule has 34 heavy (non-hydrogen) atoms. The predicted octanol–water partition coefficient (Wildman–Crippen LogP) is 4.89. The minimum Gasteiger partial charge on any atom is -0.507 e. The van der Waals surface area contributed by atoms with Crippen molar-refractivity contribution >= 4 is 33.9 Å². The Morgan fingerprint density at radius 2 is 1.88 bits per heavy atom. The Hall–Kier alpha value is -3.80. The van der Waals surface area contributed by atoms with Gasteiger partial charge in [0.1, 0.15) is 18.1 Å². The van der Waals surface area contributed by atoms with Crippen LogP contribution in [0, 0.1) is 0 Å². The number of rotatable bonds is 5. The van der Waals surface area contributed by atoms with Crippen LogP contribution in [0.25, 0.3) is 16.5 Å². The number of carbonyl (C=O) groups excluding carboxylic acids is 2. The topological polar surface area (TPSA) is 70.1 Å². The van der Waals surface area contributed by atoms with Gasteiger partial charge in [0.15, 0.2) is 0 Å². The second kappa shape index (κ2) is 8.86. The minimum absolute atomic E-state index is 0.136. The van der Waals surface area contributed by atoms with Crippen LogP contribution in [0.3, 0.4) is 0 Å². The van der Waals surface area contributed by atoms with Gasteiger partial charge in [-0.1, -0.05) is 55.8 Å². The molecule has 1 fully saturated rings. The van der Waals surface area contributed by atoms with Crippen molar-refractivity contribution in [2.24, 2.45) is 0 Å². The zero-order chi connectivity index (χ0) is 23.8. The average molecular weight is 457 g/mol. The molecule has 0 spiro atoms. The van der Waals surface area contributed by atoms with E-state index in [-0.39, 0.29) is 11.3 Å². The molecule has 3 aromatic carbocycles. The van der Waals surface area contributed by atoms with Gasteiger partial charge >= 0.3 is 0 Å². The lowest BCUT2D eigenvalue weighted by molar-refractivity contribution is -0.139. The lowest BCUT2D eigenvalue weighted by Crippen LogP contribution is -2.30. The summed E-state index contributed by atoms with van der Waals surface area (Å²) in [6, 6.07) is 18.5. The maximum absolute atomic E-state index is 13.3. The van der Waals surface area contributed by atoms with Gasteiger partial charge in [-0.3, -0.25) is 9.59 Å². The van der Waals surface area contributed by atoms with Gasteiger partial charge in [-0.2, -0.15) is 0 Å². The molecule has 0 bridgehead atoms. The third-order valence-corrected chi connectivity index (χ3v) is 6.74. The maximum atomic E-state index is 13.3. The van der Waals surface area contributed by atoms with Crippen LogP contribution in [0.4, 0.5) is 5.69 Å². The Balaban J connectivity index is 1.70. The van der Waals surface area contributed by atoms with E-state index in [1.54, 1.807) is 17.0 Å². The van der Waals surface area contributed by atoms with Gasteiger partial charge in [0.2, 0.25) is 0 Å². The number of aliphatic hydroxyl groups excluding tert-OH is 1. The average Bonchev–Trinajstić information content (AvgIpc) is 3.11. The molecule has 0 aromatic heterocycles. The zero-order valence-corrected chi connectivity index (χ0v) is 19.5. The second-order valence-electron chi connectivity index (χ2n) is 8.87. The molecule has 0 aliphatic carbocycles. The lowest BCUT2D eigenvalue weighted by atomic mass is 9.91. The van der Waals surface area contributed by atoms with Crippen molar-refractivity contribution in [3.63, 3.8) is 0 Å². The molecule has 1 amide bonds. The number of ether oxygens (including phenoxy) is 1. The van der Waals surface area contributed by atoms with Crippen molar-refractivity contribution in [1.82, 2.24) is 4.90 Å². The number of unbranched alkanes of at least 4 members (excludes halogenated alkanes) is 1. The van der Waals surface area contributed by atoms with E-state index in [0.717, 1.165) is 47.2 Å². The predicted molar refractivity (Wildman–Crippen MR) is 133 cm³/mol. The Morgan fingerprint density at radius 1 is 1.09 bits per heavy atom. The Morgan fingerprint density at radius 3 is 2.71 bits per heavy atom. The van der Waals surface area contributed by atoms with Crippen molar-refractivity contribution in [1.29, 1.82) is 0 Å². The van der Waals surface area contributed by atoms with E-state index >= 15 is 0 Å². The monoisotopic (exact) mass is 456 g/mol. The van der Waals surface area contributed by atoms with Crippen molar-refractivity contribution in [3.8, 4) is 5.75 Å². The number of carbonyl (C=O) groups is 2. The lowest BCUT2D eigenvalue weighted by Gasteiger charge is -2.28. The highest BCUT2D eigenvalue weighted by Gasteiger charge is 2.46. The molecule has 1 N–H and O–H groups in total. The number of ketones is 1. The minimum atomic E-state index is -0.650. The second-order valence-corrected chi connectivity index (χ2v) is 8.87. The largest absolute Gasteiger partial charge is 0.507 e. The number of likely N-dealkylation sites (tertiary alicyclic amines) is 1. The van der Waals surface area contributed by atoms with E-state index in [1.165, 1.54) is 0 Å². The number of fused-ring (bicyclic) bond motifs is 2. The number of Topliss-reactive ketones (excluding diaryl/α,β-unsaturated/α-hetero) is 1. The summed E-state index contributed by atoms with van der Waals surface area (Å²) in [5.41, 5.74) is 2.32.